The Balaban J connectivity index is 1.39. The van der Waals surface area contributed by atoms with Gasteiger partial charge in [0.2, 0.25) is 0 Å². The number of carbonyl (C=O) groups is 1. The molecular weight excluding hydrogens is 377 g/mol. The van der Waals surface area contributed by atoms with E-state index in [4.69, 9.17) is 0 Å². The molecular formula is C20H18FN5OS. The Bertz CT molecular complexity index is 1120. The molecule has 2 aliphatic heterocycles. The van der Waals surface area contributed by atoms with Crippen LogP contribution in [0.3, 0.4) is 0 Å². The quantitative estimate of drug-likeness (QED) is 0.719. The number of pyridine rings is 1. The fraction of sp³-hybridized carbons (Fsp3) is 0.300. The van der Waals surface area contributed by atoms with Crippen LogP contribution in [0, 0.1) is 0 Å². The molecule has 1 N–H and O–H groups in total. The van der Waals surface area contributed by atoms with Crippen molar-refractivity contribution < 1.29 is 9.18 Å². The van der Waals surface area contributed by atoms with Gasteiger partial charge in [-0.05, 0) is 42.7 Å². The van der Waals surface area contributed by atoms with Gasteiger partial charge in [-0.3, -0.25) is 14.8 Å². The molecule has 8 heteroatoms. The summed E-state index contributed by atoms with van der Waals surface area (Å²) in [5, 5.41) is 4.11. The number of alkyl halides is 1. The Morgan fingerprint density at radius 1 is 1.36 bits per heavy atom. The van der Waals surface area contributed by atoms with Gasteiger partial charge in [-0.2, -0.15) is 4.37 Å². The van der Waals surface area contributed by atoms with Crippen LogP contribution in [0.2, 0.25) is 0 Å². The molecule has 0 bridgehead atoms. The highest BCUT2D eigenvalue weighted by Gasteiger charge is 2.37. The van der Waals surface area contributed by atoms with Crippen LogP contribution in [0.4, 0.5) is 10.1 Å². The molecule has 4 heterocycles. The van der Waals surface area contributed by atoms with Crippen molar-refractivity contribution in [2.45, 2.75) is 25.6 Å². The molecule has 6 nitrogen and oxygen atoms in total. The van der Waals surface area contributed by atoms with Crippen LogP contribution in [0.5, 0.6) is 0 Å². The van der Waals surface area contributed by atoms with E-state index in [2.05, 4.69) is 19.7 Å². The summed E-state index contributed by atoms with van der Waals surface area (Å²) in [4.78, 5) is 23.2. The molecule has 1 amide bonds. The lowest BCUT2D eigenvalue weighted by Gasteiger charge is -2.16. The van der Waals surface area contributed by atoms with E-state index < -0.39 is 5.67 Å². The van der Waals surface area contributed by atoms with E-state index in [1.165, 1.54) is 18.5 Å². The monoisotopic (exact) mass is 395 g/mol. The van der Waals surface area contributed by atoms with Crippen LogP contribution in [0.15, 0.2) is 41.5 Å². The maximum atomic E-state index is 14.1. The summed E-state index contributed by atoms with van der Waals surface area (Å²) in [6, 6.07) is 9.67. The number of anilines is 1. The van der Waals surface area contributed by atoms with Crippen LogP contribution in [-0.4, -0.2) is 44.8 Å². The molecule has 1 fully saturated rings. The van der Waals surface area contributed by atoms with Gasteiger partial charge in [0.25, 0.3) is 5.91 Å². The second kappa shape index (κ2) is 6.34. The van der Waals surface area contributed by atoms with Gasteiger partial charge in [-0.25, -0.2) is 4.39 Å². The summed E-state index contributed by atoms with van der Waals surface area (Å²) in [6.07, 6.45) is 2.12. The van der Waals surface area contributed by atoms with Gasteiger partial charge in [-0.1, -0.05) is 6.07 Å². The largest absolute Gasteiger partial charge is 0.339 e. The molecule has 0 spiro atoms. The number of benzene rings is 1. The van der Waals surface area contributed by atoms with Gasteiger partial charge < -0.3 is 10.2 Å². The summed E-state index contributed by atoms with van der Waals surface area (Å²) in [5.74, 6) is 0.543. The first-order valence-electron chi connectivity index (χ1n) is 9.14. The van der Waals surface area contributed by atoms with Crippen LogP contribution in [0.1, 0.15) is 35.1 Å². The Morgan fingerprint density at radius 3 is 3.07 bits per heavy atom. The SMILES string of the molecule is CC1(F)CCN(C(=O)c2nsc3cc(NC4=NCc5cccnc54)ccc23)C1. The molecule has 1 unspecified atom stereocenters. The smallest absolute Gasteiger partial charge is 0.274 e. The number of likely N-dealkylation sites (tertiary alicyclic amines) is 1. The minimum absolute atomic E-state index is 0.122. The van der Waals surface area contributed by atoms with E-state index in [1.54, 1.807) is 11.1 Å². The summed E-state index contributed by atoms with van der Waals surface area (Å²) in [5.41, 5.74) is 1.91. The normalized spacial score (nSPS) is 21.1. The van der Waals surface area contributed by atoms with Crippen molar-refractivity contribution in [2.24, 2.45) is 4.99 Å². The molecule has 1 saturated heterocycles. The Morgan fingerprint density at radius 2 is 2.25 bits per heavy atom. The lowest BCUT2D eigenvalue weighted by atomic mass is 10.1. The first kappa shape index (κ1) is 17.2. The summed E-state index contributed by atoms with van der Waals surface area (Å²) >= 11 is 1.27. The number of nitrogens with one attached hydrogen (secondary N) is 1. The van der Waals surface area contributed by atoms with Crippen molar-refractivity contribution in [1.82, 2.24) is 14.3 Å². The van der Waals surface area contributed by atoms with E-state index in [0.29, 0.717) is 25.2 Å². The van der Waals surface area contributed by atoms with Gasteiger partial charge in [0.15, 0.2) is 5.84 Å². The van der Waals surface area contributed by atoms with Crippen LogP contribution < -0.4 is 5.32 Å². The number of hydrogen-bond acceptors (Lipinski definition) is 6. The van der Waals surface area contributed by atoms with E-state index >= 15 is 0 Å². The fourth-order valence-electron chi connectivity index (χ4n) is 3.67. The Labute approximate surface area is 165 Å². The fourth-order valence-corrected chi connectivity index (χ4v) is 4.48. The van der Waals surface area contributed by atoms with E-state index in [9.17, 15) is 9.18 Å². The standard InChI is InChI=1S/C20H18FN5OS/c1-20(21)6-8-26(11-20)19(27)17-14-5-4-13(9-15(14)28-25-17)24-18-16-12(10-23-18)3-2-7-22-16/h2-5,7,9H,6,8,10-11H2,1H3,(H,23,24). The van der Waals surface area contributed by atoms with Crippen molar-refractivity contribution in [3.05, 3.63) is 53.5 Å². The summed E-state index contributed by atoms with van der Waals surface area (Å²) in [6.45, 7) is 2.71. The van der Waals surface area contributed by atoms with Crippen LogP contribution >= 0.6 is 11.5 Å². The van der Waals surface area contributed by atoms with E-state index in [0.717, 1.165) is 32.9 Å². The lowest BCUT2D eigenvalue weighted by molar-refractivity contribution is 0.0758. The number of hydrogen-bond donors (Lipinski definition) is 1. The van der Waals surface area contributed by atoms with Gasteiger partial charge in [0.05, 0.1) is 17.8 Å². The molecule has 2 aliphatic rings. The average molecular weight is 395 g/mol. The highest BCUT2D eigenvalue weighted by Crippen LogP contribution is 2.31. The Kier molecular flexibility index (Phi) is 3.90. The number of rotatable bonds is 2. The minimum Gasteiger partial charge on any atom is -0.339 e. The minimum atomic E-state index is -1.31. The van der Waals surface area contributed by atoms with Crippen LogP contribution in [-0.2, 0) is 6.54 Å². The highest BCUT2D eigenvalue weighted by atomic mass is 32.1. The van der Waals surface area contributed by atoms with Crippen molar-refractivity contribution >= 4 is 39.0 Å². The lowest BCUT2D eigenvalue weighted by Crippen LogP contribution is -2.32. The Hall–Kier alpha value is -2.87. The average Bonchev–Trinajstić information content (AvgIpc) is 3.38. The molecule has 0 radical (unpaired) electrons. The zero-order valence-corrected chi connectivity index (χ0v) is 16.1. The van der Waals surface area contributed by atoms with Gasteiger partial charge in [0.1, 0.15) is 17.1 Å². The van der Waals surface area contributed by atoms with Crippen LogP contribution in [0.25, 0.3) is 10.1 Å². The predicted molar refractivity (Wildman–Crippen MR) is 108 cm³/mol. The number of halogens is 1. The molecule has 1 atom stereocenters. The van der Waals surface area contributed by atoms with E-state index in [1.807, 2.05) is 30.3 Å². The number of nitrogens with zero attached hydrogens (tertiary/aromatic N) is 4. The van der Waals surface area contributed by atoms with Crippen molar-refractivity contribution in [1.29, 1.82) is 0 Å². The third kappa shape index (κ3) is 2.93. The maximum absolute atomic E-state index is 14.1. The van der Waals surface area contributed by atoms with Crippen molar-refractivity contribution in [2.75, 3.05) is 18.4 Å². The molecule has 0 aliphatic carbocycles. The first-order chi connectivity index (χ1) is 13.5. The third-order valence-corrected chi connectivity index (χ3v) is 5.98. The van der Waals surface area contributed by atoms with E-state index in [-0.39, 0.29) is 12.5 Å². The molecule has 1 aromatic carbocycles. The maximum Gasteiger partial charge on any atom is 0.274 e. The number of aliphatic imine (C=N–C) groups is 1. The summed E-state index contributed by atoms with van der Waals surface area (Å²) in [7, 11) is 0. The number of amides is 1. The molecule has 0 saturated carbocycles. The van der Waals surface area contributed by atoms with Gasteiger partial charge in [0, 0.05) is 35.8 Å². The first-order valence-corrected chi connectivity index (χ1v) is 9.91. The molecule has 5 rings (SSSR count). The van der Waals surface area contributed by atoms with Crippen molar-refractivity contribution in [3.8, 4) is 0 Å². The van der Waals surface area contributed by atoms with Crippen molar-refractivity contribution in [3.63, 3.8) is 0 Å². The number of carbonyl (C=O) groups excluding carboxylic acids is 1. The topological polar surface area (TPSA) is 70.5 Å². The number of fused-ring (bicyclic) bond motifs is 2. The molecule has 2 aromatic heterocycles. The zero-order chi connectivity index (χ0) is 19.3. The second-order valence-corrected chi connectivity index (χ2v) is 8.24. The number of amidine groups is 1. The summed E-state index contributed by atoms with van der Waals surface area (Å²) < 4.78 is 19.3. The predicted octanol–water partition coefficient (Wildman–Crippen LogP) is 3.64. The molecule has 28 heavy (non-hydrogen) atoms. The third-order valence-electron chi connectivity index (χ3n) is 5.17. The zero-order valence-electron chi connectivity index (χ0n) is 15.3. The van der Waals surface area contributed by atoms with Gasteiger partial charge >= 0.3 is 0 Å². The van der Waals surface area contributed by atoms with Gasteiger partial charge in [-0.15, -0.1) is 0 Å². The molecule has 3 aromatic rings. The molecule has 142 valence electrons. The number of aromatic nitrogens is 2. The second-order valence-electron chi connectivity index (χ2n) is 7.43. The highest BCUT2D eigenvalue weighted by molar-refractivity contribution is 7.13.